The summed E-state index contributed by atoms with van der Waals surface area (Å²) in [6.07, 6.45) is 1.75. The van der Waals surface area contributed by atoms with Crippen LogP contribution in [-0.2, 0) is 13.2 Å². The fourth-order valence-electron chi connectivity index (χ4n) is 2.53. The molecular formula is C20H26ClNO3. The van der Waals surface area contributed by atoms with Gasteiger partial charge < -0.3 is 19.9 Å². The quantitative estimate of drug-likeness (QED) is 0.624. The molecule has 0 fully saturated rings. The van der Waals surface area contributed by atoms with E-state index in [9.17, 15) is 0 Å². The molecule has 0 aliphatic rings. The molecule has 0 radical (unpaired) electrons. The number of aliphatic hydroxyl groups is 1. The number of methoxy groups -OCH3 is 1. The Bertz CT molecular complexity index is 676. The highest BCUT2D eigenvalue weighted by atomic mass is 35.5. The van der Waals surface area contributed by atoms with Crippen LogP contribution in [0.15, 0.2) is 36.4 Å². The van der Waals surface area contributed by atoms with Gasteiger partial charge in [-0.1, -0.05) is 35.9 Å². The van der Waals surface area contributed by atoms with Gasteiger partial charge in [0.05, 0.1) is 12.1 Å². The van der Waals surface area contributed by atoms with Crippen molar-refractivity contribution in [2.24, 2.45) is 0 Å². The van der Waals surface area contributed by atoms with E-state index in [0.29, 0.717) is 29.7 Å². The predicted molar refractivity (Wildman–Crippen MR) is 102 cm³/mol. The number of hydrogen-bond donors (Lipinski definition) is 2. The zero-order chi connectivity index (χ0) is 18.1. The first-order valence-corrected chi connectivity index (χ1v) is 8.88. The van der Waals surface area contributed by atoms with Gasteiger partial charge in [0.15, 0.2) is 11.5 Å². The topological polar surface area (TPSA) is 50.7 Å². The zero-order valence-electron chi connectivity index (χ0n) is 14.8. The summed E-state index contributed by atoms with van der Waals surface area (Å²) in [7, 11) is 1.62. The van der Waals surface area contributed by atoms with E-state index < -0.39 is 0 Å². The number of halogens is 1. The maximum Gasteiger partial charge on any atom is 0.180 e. The maximum atomic E-state index is 8.79. The lowest BCUT2D eigenvalue weighted by molar-refractivity contribution is 0.283. The van der Waals surface area contributed by atoms with E-state index in [0.717, 1.165) is 30.5 Å². The molecule has 0 aliphatic heterocycles. The normalized spacial score (nSPS) is 10.7. The summed E-state index contributed by atoms with van der Waals surface area (Å²) < 4.78 is 11.4. The van der Waals surface area contributed by atoms with Crippen LogP contribution in [0, 0.1) is 6.92 Å². The highest BCUT2D eigenvalue weighted by molar-refractivity contribution is 6.32. The summed E-state index contributed by atoms with van der Waals surface area (Å²) in [5.74, 6) is 1.20. The molecule has 2 N–H and O–H groups in total. The molecule has 2 aromatic rings. The van der Waals surface area contributed by atoms with Crippen LogP contribution in [0.3, 0.4) is 0 Å². The van der Waals surface area contributed by atoms with Gasteiger partial charge in [0.1, 0.15) is 6.61 Å². The van der Waals surface area contributed by atoms with Crippen molar-refractivity contribution in [3.05, 3.63) is 58.1 Å². The third-order valence-electron chi connectivity index (χ3n) is 4.01. The van der Waals surface area contributed by atoms with Crippen molar-refractivity contribution in [2.45, 2.75) is 32.9 Å². The number of ether oxygens (including phenoxy) is 2. The first-order chi connectivity index (χ1) is 12.2. The Morgan fingerprint density at radius 1 is 1.16 bits per heavy atom. The van der Waals surface area contributed by atoms with Crippen molar-refractivity contribution in [3.63, 3.8) is 0 Å². The van der Waals surface area contributed by atoms with Gasteiger partial charge in [-0.05, 0) is 55.1 Å². The zero-order valence-corrected chi connectivity index (χ0v) is 15.6. The number of unbranched alkanes of at least 4 members (excludes halogenated alkanes) is 1. The molecule has 0 saturated heterocycles. The molecule has 0 unspecified atom stereocenters. The molecule has 0 aromatic heterocycles. The molecule has 4 nitrogen and oxygen atoms in total. The Morgan fingerprint density at radius 3 is 2.68 bits per heavy atom. The number of aliphatic hydroxyl groups excluding tert-OH is 1. The number of rotatable bonds is 10. The molecule has 0 amide bonds. The Labute approximate surface area is 154 Å². The van der Waals surface area contributed by atoms with Crippen molar-refractivity contribution < 1.29 is 14.6 Å². The lowest BCUT2D eigenvalue weighted by Crippen LogP contribution is -2.15. The molecule has 2 aromatic carbocycles. The first-order valence-electron chi connectivity index (χ1n) is 8.51. The van der Waals surface area contributed by atoms with Gasteiger partial charge in [-0.25, -0.2) is 0 Å². The number of benzene rings is 2. The molecule has 25 heavy (non-hydrogen) atoms. The largest absolute Gasteiger partial charge is 0.493 e. The summed E-state index contributed by atoms with van der Waals surface area (Å²) in [6.45, 7) is 4.28. The third-order valence-corrected chi connectivity index (χ3v) is 4.29. The fraction of sp³-hybridized carbons (Fsp3) is 0.400. The monoisotopic (exact) mass is 363 g/mol. The van der Waals surface area contributed by atoms with E-state index in [1.807, 2.05) is 30.3 Å². The molecule has 0 bridgehead atoms. The van der Waals surface area contributed by atoms with Crippen LogP contribution in [-0.4, -0.2) is 25.4 Å². The first kappa shape index (κ1) is 19.6. The molecule has 0 spiro atoms. The third kappa shape index (κ3) is 5.92. The van der Waals surface area contributed by atoms with E-state index in [1.54, 1.807) is 7.11 Å². The average Bonchev–Trinajstić information content (AvgIpc) is 2.61. The van der Waals surface area contributed by atoms with Crippen LogP contribution in [0.4, 0.5) is 0 Å². The van der Waals surface area contributed by atoms with Crippen LogP contribution >= 0.6 is 11.6 Å². The maximum absolute atomic E-state index is 8.79. The van der Waals surface area contributed by atoms with Crippen LogP contribution < -0.4 is 14.8 Å². The van der Waals surface area contributed by atoms with Gasteiger partial charge in [-0.3, -0.25) is 0 Å². The molecular weight excluding hydrogens is 338 g/mol. The number of aryl methyl sites for hydroxylation is 1. The molecule has 136 valence electrons. The molecule has 0 heterocycles. The lowest BCUT2D eigenvalue weighted by Gasteiger charge is -2.15. The standard InChI is InChI=1S/C20H26ClNO3/c1-15-7-3-4-8-17(15)14-25-20-18(21)11-16(12-19(20)24-2)13-22-9-5-6-10-23/h3-4,7-8,11-12,22-23H,5-6,9-10,13-14H2,1-2H3. The smallest absolute Gasteiger partial charge is 0.180 e. The summed E-state index contributed by atoms with van der Waals surface area (Å²) in [5.41, 5.74) is 3.34. The van der Waals surface area contributed by atoms with E-state index in [1.165, 1.54) is 5.56 Å². The fourth-order valence-corrected chi connectivity index (χ4v) is 2.82. The molecule has 5 heteroatoms. The van der Waals surface area contributed by atoms with Crippen molar-refractivity contribution in [2.75, 3.05) is 20.3 Å². The van der Waals surface area contributed by atoms with Crippen LogP contribution in [0.1, 0.15) is 29.5 Å². The van der Waals surface area contributed by atoms with Crippen molar-refractivity contribution in [3.8, 4) is 11.5 Å². The van der Waals surface area contributed by atoms with E-state index >= 15 is 0 Å². The predicted octanol–water partition coefficient (Wildman–Crippen LogP) is 4.10. The van der Waals surface area contributed by atoms with Gasteiger partial charge in [0, 0.05) is 13.2 Å². The van der Waals surface area contributed by atoms with Crippen LogP contribution in [0.25, 0.3) is 0 Å². The van der Waals surface area contributed by atoms with Gasteiger partial charge in [0.25, 0.3) is 0 Å². The van der Waals surface area contributed by atoms with Gasteiger partial charge >= 0.3 is 0 Å². The van der Waals surface area contributed by atoms with Crippen molar-refractivity contribution >= 4 is 11.6 Å². The summed E-state index contributed by atoms with van der Waals surface area (Å²) in [6, 6.07) is 11.9. The molecule has 0 aliphatic carbocycles. The average molecular weight is 364 g/mol. The summed E-state index contributed by atoms with van der Waals surface area (Å²) >= 11 is 6.42. The van der Waals surface area contributed by atoms with E-state index in [4.69, 9.17) is 26.2 Å². The second-order valence-electron chi connectivity index (χ2n) is 5.93. The van der Waals surface area contributed by atoms with Gasteiger partial charge in [-0.15, -0.1) is 0 Å². The Hall–Kier alpha value is -1.75. The van der Waals surface area contributed by atoms with Crippen LogP contribution in [0.5, 0.6) is 11.5 Å². The SMILES string of the molecule is COc1cc(CNCCCCO)cc(Cl)c1OCc1ccccc1C. The second-order valence-corrected chi connectivity index (χ2v) is 6.34. The second kappa shape index (κ2) is 10.3. The summed E-state index contributed by atoms with van der Waals surface area (Å²) in [4.78, 5) is 0. The minimum Gasteiger partial charge on any atom is -0.493 e. The Kier molecular flexibility index (Phi) is 8.06. The Morgan fingerprint density at radius 2 is 1.96 bits per heavy atom. The number of hydrogen-bond acceptors (Lipinski definition) is 4. The van der Waals surface area contributed by atoms with E-state index in [2.05, 4.69) is 18.3 Å². The summed E-state index contributed by atoms with van der Waals surface area (Å²) in [5, 5.41) is 12.7. The highest BCUT2D eigenvalue weighted by Gasteiger charge is 2.12. The molecule has 0 atom stereocenters. The minimum atomic E-state index is 0.230. The molecule has 2 rings (SSSR count). The van der Waals surface area contributed by atoms with Gasteiger partial charge in [0.2, 0.25) is 0 Å². The highest BCUT2D eigenvalue weighted by Crippen LogP contribution is 2.37. The van der Waals surface area contributed by atoms with Crippen LogP contribution in [0.2, 0.25) is 5.02 Å². The Balaban J connectivity index is 2.02. The lowest BCUT2D eigenvalue weighted by atomic mass is 10.1. The molecule has 0 saturated carbocycles. The van der Waals surface area contributed by atoms with Crippen molar-refractivity contribution in [1.82, 2.24) is 5.32 Å². The van der Waals surface area contributed by atoms with Crippen molar-refractivity contribution in [1.29, 1.82) is 0 Å². The number of nitrogens with one attached hydrogen (secondary N) is 1. The van der Waals surface area contributed by atoms with Gasteiger partial charge in [-0.2, -0.15) is 0 Å². The minimum absolute atomic E-state index is 0.230. The van der Waals surface area contributed by atoms with E-state index in [-0.39, 0.29) is 6.61 Å².